The van der Waals surface area contributed by atoms with Gasteiger partial charge >= 0.3 is 30.1 Å². The molecule has 5 N–H and O–H groups in total. The smallest absolute Gasteiger partial charge is 0.435 e. The molecule has 2 aromatic rings. The SMILES string of the molecule is N[C@@H](Cc1c[nH]c2cc(C(=O)COC(C(F)(F)F)(C(F)(F)F)C(F)(F)F)c(O)cc12)C(=O)O. The number of alkyl halides is 9. The number of phenols is 1. The lowest BCUT2D eigenvalue weighted by molar-refractivity contribution is -0.455. The molecule has 0 fully saturated rings. The van der Waals surface area contributed by atoms with Gasteiger partial charge < -0.3 is 25.7 Å². The van der Waals surface area contributed by atoms with E-state index in [9.17, 15) is 54.2 Å². The van der Waals surface area contributed by atoms with E-state index in [4.69, 9.17) is 10.8 Å². The molecule has 0 saturated carbocycles. The second-order valence-corrected chi connectivity index (χ2v) is 6.76. The fourth-order valence-electron chi connectivity index (χ4n) is 2.91. The number of carboxylic acids is 1. The van der Waals surface area contributed by atoms with Gasteiger partial charge in [0.15, 0.2) is 5.78 Å². The Hall–Kier alpha value is -3.01. The van der Waals surface area contributed by atoms with Crippen LogP contribution in [0.1, 0.15) is 15.9 Å². The summed E-state index contributed by atoms with van der Waals surface area (Å²) in [5, 5.41) is 18.9. The van der Waals surface area contributed by atoms with Crippen molar-refractivity contribution >= 4 is 22.7 Å². The zero-order valence-corrected chi connectivity index (χ0v) is 15.8. The lowest BCUT2D eigenvalue weighted by Gasteiger charge is -2.37. The number of rotatable bonds is 7. The maximum Gasteiger partial charge on any atom is 0.435 e. The van der Waals surface area contributed by atoms with E-state index in [0.717, 1.165) is 12.1 Å². The van der Waals surface area contributed by atoms with E-state index < -0.39 is 59.8 Å². The number of carbonyl (C=O) groups is 2. The van der Waals surface area contributed by atoms with E-state index in [2.05, 4.69) is 9.72 Å². The molecule has 0 unspecified atom stereocenters. The molecule has 1 atom stereocenters. The first-order valence-electron chi connectivity index (χ1n) is 8.52. The van der Waals surface area contributed by atoms with E-state index in [1.807, 2.05) is 0 Å². The van der Waals surface area contributed by atoms with Crippen LogP contribution in [0, 0.1) is 0 Å². The van der Waals surface area contributed by atoms with Gasteiger partial charge in [0.2, 0.25) is 0 Å². The lowest BCUT2D eigenvalue weighted by Crippen LogP contribution is -2.68. The number of hydrogen-bond donors (Lipinski definition) is 4. The fourth-order valence-corrected chi connectivity index (χ4v) is 2.91. The maximum atomic E-state index is 12.9. The highest BCUT2D eigenvalue weighted by Gasteiger charge is 2.85. The van der Waals surface area contributed by atoms with Gasteiger partial charge in [-0.15, -0.1) is 0 Å². The Labute approximate surface area is 176 Å². The van der Waals surface area contributed by atoms with Gasteiger partial charge in [-0.3, -0.25) is 9.59 Å². The van der Waals surface area contributed by atoms with Gasteiger partial charge in [-0.2, -0.15) is 39.5 Å². The highest BCUT2D eigenvalue weighted by molar-refractivity contribution is 6.03. The predicted molar refractivity (Wildman–Crippen MR) is 90.5 cm³/mol. The van der Waals surface area contributed by atoms with Crippen molar-refractivity contribution in [3.05, 3.63) is 29.5 Å². The van der Waals surface area contributed by atoms with Crippen molar-refractivity contribution in [3.8, 4) is 5.75 Å². The summed E-state index contributed by atoms with van der Waals surface area (Å²) in [7, 11) is 0. The third kappa shape index (κ3) is 4.71. The lowest BCUT2D eigenvalue weighted by atomic mass is 10.0. The molecule has 2 rings (SSSR count). The molecule has 1 aromatic heterocycles. The van der Waals surface area contributed by atoms with E-state index in [-0.39, 0.29) is 22.9 Å². The summed E-state index contributed by atoms with van der Waals surface area (Å²) in [6.45, 7) is -2.34. The molecular weight excluding hydrogens is 483 g/mol. The van der Waals surface area contributed by atoms with Crippen LogP contribution in [0.15, 0.2) is 18.3 Å². The Bertz CT molecular complexity index is 1020. The molecule has 0 spiro atoms. The van der Waals surface area contributed by atoms with Crippen molar-refractivity contribution in [1.29, 1.82) is 0 Å². The summed E-state index contributed by atoms with van der Waals surface area (Å²) in [5.41, 5.74) is -2.04. The minimum absolute atomic E-state index is 0.0440. The number of halogens is 9. The van der Waals surface area contributed by atoms with Crippen molar-refractivity contribution in [3.63, 3.8) is 0 Å². The van der Waals surface area contributed by atoms with Gasteiger partial charge in [-0.25, -0.2) is 0 Å². The Kier molecular flexibility index (Phi) is 6.68. The highest BCUT2D eigenvalue weighted by Crippen LogP contribution is 2.54. The second kappa shape index (κ2) is 8.40. The Balaban J connectivity index is 2.40. The molecule has 7 nitrogen and oxygen atoms in total. The second-order valence-electron chi connectivity index (χ2n) is 6.76. The zero-order valence-electron chi connectivity index (χ0n) is 15.8. The van der Waals surface area contributed by atoms with E-state index >= 15 is 0 Å². The quantitative estimate of drug-likeness (QED) is 0.344. The van der Waals surface area contributed by atoms with Gasteiger partial charge in [-0.05, 0) is 17.7 Å². The number of carbonyl (C=O) groups excluding carboxylic acids is 1. The summed E-state index contributed by atoms with van der Waals surface area (Å²) in [5.74, 6) is -4.22. The molecule has 0 amide bonds. The van der Waals surface area contributed by atoms with Crippen molar-refractivity contribution in [2.24, 2.45) is 5.73 Å². The Morgan fingerprint density at radius 2 is 1.52 bits per heavy atom. The normalized spacial score (nSPS) is 14.5. The zero-order chi connectivity index (χ0) is 25.6. The van der Waals surface area contributed by atoms with E-state index in [1.165, 1.54) is 6.20 Å². The third-order valence-electron chi connectivity index (χ3n) is 4.56. The number of aliphatic carboxylic acids is 1. The number of aromatic hydroxyl groups is 1. The van der Waals surface area contributed by atoms with Crippen LogP contribution in [-0.2, 0) is 16.0 Å². The van der Waals surface area contributed by atoms with Crippen LogP contribution < -0.4 is 5.73 Å². The number of nitrogens with one attached hydrogen (secondary N) is 1. The number of phenolic OH excluding ortho intramolecular Hbond substituents is 1. The maximum absolute atomic E-state index is 12.9. The molecule has 184 valence electrons. The van der Waals surface area contributed by atoms with Gasteiger partial charge in [-0.1, -0.05) is 0 Å². The molecule has 0 bridgehead atoms. The number of carboxylic acid groups (broad SMARTS) is 1. The first-order chi connectivity index (χ1) is 14.8. The fraction of sp³-hybridized carbons (Fsp3) is 0.412. The number of H-pyrrole nitrogens is 1. The van der Waals surface area contributed by atoms with Crippen LogP contribution >= 0.6 is 0 Å². The molecular formula is C17H13F9N2O5. The first-order valence-corrected chi connectivity index (χ1v) is 8.52. The standard InChI is InChI=1S/C17H13F9N2O5/c18-15(19,20)14(16(21,22)23,17(24,25)26)33-5-12(30)8-2-10-7(3-11(8)29)6(4-28-10)1-9(27)13(31)32/h2-4,9,28-29H,1,5,27H2,(H,31,32)/t9-/m0/s1. The number of nitrogens with two attached hydrogens (primary N) is 1. The summed E-state index contributed by atoms with van der Waals surface area (Å²) in [6.07, 6.45) is -20.1. The van der Waals surface area contributed by atoms with Crippen molar-refractivity contribution in [2.45, 2.75) is 36.6 Å². The average molecular weight is 496 g/mol. The third-order valence-corrected chi connectivity index (χ3v) is 4.56. The number of ether oxygens (including phenoxy) is 1. The molecule has 33 heavy (non-hydrogen) atoms. The highest BCUT2D eigenvalue weighted by atomic mass is 19.4. The molecule has 0 saturated heterocycles. The van der Waals surface area contributed by atoms with Crippen LogP contribution in [0.4, 0.5) is 39.5 Å². The molecule has 0 aliphatic rings. The van der Waals surface area contributed by atoms with Gasteiger partial charge in [0.1, 0.15) is 18.4 Å². The summed E-state index contributed by atoms with van der Waals surface area (Å²) in [6, 6.07) is 0.178. The minimum atomic E-state index is -7.02. The molecule has 16 heteroatoms. The molecule has 1 heterocycles. The monoisotopic (exact) mass is 496 g/mol. The van der Waals surface area contributed by atoms with Crippen LogP contribution in [-0.4, -0.2) is 63.7 Å². The molecule has 1 aromatic carbocycles. The number of Topliss-reactive ketones (excluding diaryl/α,β-unsaturated/α-hetero) is 1. The van der Waals surface area contributed by atoms with Gasteiger partial charge in [0, 0.05) is 23.5 Å². The Morgan fingerprint density at radius 3 is 1.97 bits per heavy atom. The number of aromatic nitrogens is 1. The number of benzene rings is 1. The van der Waals surface area contributed by atoms with Crippen LogP contribution in [0.5, 0.6) is 5.75 Å². The van der Waals surface area contributed by atoms with E-state index in [1.54, 1.807) is 0 Å². The van der Waals surface area contributed by atoms with Gasteiger partial charge in [0.25, 0.3) is 0 Å². The summed E-state index contributed by atoms with van der Waals surface area (Å²) >= 11 is 0. The number of aromatic amines is 1. The van der Waals surface area contributed by atoms with Crippen molar-refractivity contribution < 1.29 is 64.1 Å². The Morgan fingerprint density at radius 1 is 1.00 bits per heavy atom. The molecule has 0 radical (unpaired) electrons. The van der Waals surface area contributed by atoms with Crippen molar-refractivity contribution in [1.82, 2.24) is 4.98 Å². The van der Waals surface area contributed by atoms with E-state index in [0.29, 0.717) is 0 Å². The average Bonchev–Trinajstić information content (AvgIpc) is 2.99. The largest absolute Gasteiger partial charge is 0.507 e. The topological polar surface area (TPSA) is 126 Å². The summed E-state index contributed by atoms with van der Waals surface area (Å²) < 4.78 is 119. The van der Waals surface area contributed by atoms with Crippen LogP contribution in [0.2, 0.25) is 0 Å². The van der Waals surface area contributed by atoms with Crippen LogP contribution in [0.3, 0.4) is 0 Å². The molecule has 0 aliphatic heterocycles. The predicted octanol–water partition coefficient (Wildman–Crippen LogP) is 3.45. The summed E-state index contributed by atoms with van der Waals surface area (Å²) in [4.78, 5) is 25.5. The number of ketones is 1. The minimum Gasteiger partial charge on any atom is -0.507 e. The number of fused-ring (bicyclic) bond motifs is 1. The first kappa shape index (κ1) is 26.2. The van der Waals surface area contributed by atoms with Crippen LogP contribution in [0.25, 0.3) is 10.9 Å². The number of hydrogen-bond acceptors (Lipinski definition) is 5. The molecule has 0 aliphatic carbocycles. The van der Waals surface area contributed by atoms with Crippen molar-refractivity contribution in [2.75, 3.05) is 6.61 Å². The van der Waals surface area contributed by atoms with Gasteiger partial charge in [0.05, 0.1) is 5.56 Å².